The molecule has 30 heavy (non-hydrogen) atoms. The maximum absolute atomic E-state index is 14.7. The van der Waals surface area contributed by atoms with Crippen LogP contribution < -0.4 is 5.73 Å². The van der Waals surface area contributed by atoms with Crippen LogP contribution in [-0.4, -0.2) is 31.0 Å². The number of aliphatic imine (C=N–C) groups is 1. The Bertz CT molecular complexity index is 1160. The fourth-order valence-electron chi connectivity index (χ4n) is 3.77. The van der Waals surface area contributed by atoms with Crippen molar-refractivity contribution in [2.24, 2.45) is 16.6 Å². The van der Waals surface area contributed by atoms with Crippen molar-refractivity contribution >= 4 is 34.8 Å². The molecule has 3 unspecified atom stereocenters. The van der Waals surface area contributed by atoms with Crippen molar-refractivity contribution < 1.29 is 18.7 Å². The van der Waals surface area contributed by atoms with Gasteiger partial charge in [0.05, 0.1) is 16.8 Å². The van der Waals surface area contributed by atoms with Crippen LogP contribution in [0.2, 0.25) is 0 Å². The molecule has 1 aliphatic heterocycles. The molecule has 2 aliphatic rings. The zero-order valence-electron chi connectivity index (χ0n) is 15.6. The first-order valence-electron chi connectivity index (χ1n) is 8.87. The molecule has 152 valence electrons. The van der Waals surface area contributed by atoms with E-state index in [1.54, 1.807) is 6.92 Å². The summed E-state index contributed by atoms with van der Waals surface area (Å²) in [6, 6.07) is 6.08. The molecular weight excluding hydrogens is 412 g/mol. The zero-order chi connectivity index (χ0) is 21.7. The number of fused-ring (bicyclic) bond motifs is 1. The molecule has 1 saturated carbocycles. The van der Waals surface area contributed by atoms with E-state index in [-0.39, 0.29) is 28.4 Å². The molecule has 0 saturated heterocycles. The van der Waals surface area contributed by atoms with Gasteiger partial charge in [-0.3, -0.25) is 14.8 Å². The van der Waals surface area contributed by atoms with Gasteiger partial charge in [0.15, 0.2) is 5.17 Å². The molecule has 0 spiro atoms. The number of amidine groups is 1. The molecule has 2 aromatic heterocycles. The number of rotatable bonds is 4. The van der Waals surface area contributed by atoms with Crippen molar-refractivity contribution in [2.45, 2.75) is 23.6 Å². The molecule has 0 bridgehead atoms. The first-order valence-corrected chi connectivity index (χ1v) is 9.69. The van der Waals surface area contributed by atoms with Crippen LogP contribution in [0.25, 0.3) is 11.9 Å². The molecule has 7 nitrogen and oxygen atoms in total. The van der Waals surface area contributed by atoms with E-state index in [1.807, 2.05) is 6.07 Å². The van der Waals surface area contributed by atoms with Crippen molar-refractivity contribution in [3.63, 3.8) is 0 Å². The SMILES string of the molecule is CC1(c2cc(C=C(F)c3ccc(C#N)cn3)cnc2F)N=C(N)SC2(C(=O)O)CC21. The third-order valence-corrected chi connectivity index (χ3v) is 6.71. The van der Waals surface area contributed by atoms with Crippen LogP contribution in [0.1, 0.15) is 35.7 Å². The van der Waals surface area contributed by atoms with Gasteiger partial charge in [-0.2, -0.15) is 9.65 Å². The smallest absolute Gasteiger partial charge is 0.320 e. The summed E-state index contributed by atoms with van der Waals surface area (Å²) >= 11 is 0.971. The van der Waals surface area contributed by atoms with E-state index < -0.39 is 33.9 Å². The Labute approximate surface area is 174 Å². The minimum Gasteiger partial charge on any atom is -0.480 e. The Hall–Kier alpha value is -3.32. The Morgan fingerprint density at radius 2 is 2.20 bits per heavy atom. The van der Waals surface area contributed by atoms with Crippen LogP contribution in [0.15, 0.2) is 35.6 Å². The van der Waals surface area contributed by atoms with E-state index in [2.05, 4.69) is 15.0 Å². The number of carbonyl (C=O) groups is 1. The molecule has 10 heteroatoms. The number of halogens is 2. The molecule has 3 atom stereocenters. The van der Waals surface area contributed by atoms with Gasteiger partial charge in [-0.1, -0.05) is 11.8 Å². The summed E-state index contributed by atoms with van der Waals surface area (Å²) in [6.07, 6.45) is 3.83. The zero-order valence-corrected chi connectivity index (χ0v) is 16.5. The Balaban J connectivity index is 1.73. The summed E-state index contributed by atoms with van der Waals surface area (Å²) in [5, 5.41) is 18.5. The summed E-state index contributed by atoms with van der Waals surface area (Å²) in [5.41, 5.74) is 5.23. The van der Waals surface area contributed by atoms with Crippen LogP contribution >= 0.6 is 11.8 Å². The second-order valence-corrected chi connectivity index (χ2v) is 8.65. The van der Waals surface area contributed by atoms with Gasteiger partial charge in [-0.15, -0.1) is 0 Å². The fourth-order valence-corrected chi connectivity index (χ4v) is 5.09. The fraction of sp³-hybridized carbons (Fsp3) is 0.250. The lowest BCUT2D eigenvalue weighted by atomic mass is 9.86. The van der Waals surface area contributed by atoms with E-state index in [0.29, 0.717) is 5.56 Å². The topological polar surface area (TPSA) is 125 Å². The lowest BCUT2D eigenvalue weighted by Crippen LogP contribution is -2.39. The highest BCUT2D eigenvalue weighted by atomic mass is 32.2. The summed E-state index contributed by atoms with van der Waals surface area (Å²) in [5.74, 6) is -3.01. The van der Waals surface area contributed by atoms with Crippen molar-refractivity contribution in [2.75, 3.05) is 0 Å². The highest BCUT2D eigenvalue weighted by molar-refractivity contribution is 8.15. The van der Waals surface area contributed by atoms with Gasteiger partial charge in [0.1, 0.15) is 16.6 Å². The molecule has 4 rings (SSSR count). The Kier molecular flexibility index (Phi) is 4.58. The summed E-state index contributed by atoms with van der Waals surface area (Å²) in [7, 11) is 0. The van der Waals surface area contributed by atoms with Crippen molar-refractivity contribution in [3.05, 3.63) is 58.9 Å². The van der Waals surface area contributed by atoms with Crippen LogP contribution in [0, 0.1) is 23.2 Å². The highest BCUT2D eigenvalue weighted by Gasteiger charge is 2.71. The van der Waals surface area contributed by atoms with E-state index in [4.69, 9.17) is 11.0 Å². The monoisotopic (exact) mass is 427 g/mol. The molecule has 0 aromatic carbocycles. The number of aromatic nitrogens is 2. The lowest BCUT2D eigenvalue weighted by Gasteiger charge is -2.32. The summed E-state index contributed by atoms with van der Waals surface area (Å²) in [6.45, 7) is 1.61. The van der Waals surface area contributed by atoms with E-state index in [9.17, 15) is 18.7 Å². The van der Waals surface area contributed by atoms with Crippen LogP contribution in [0.4, 0.5) is 8.78 Å². The molecule has 3 N–H and O–H groups in total. The predicted octanol–water partition coefficient (Wildman–Crippen LogP) is 3.07. The van der Waals surface area contributed by atoms with E-state index in [0.717, 1.165) is 24.0 Å². The summed E-state index contributed by atoms with van der Waals surface area (Å²) in [4.78, 5) is 23.7. The van der Waals surface area contributed by atoms with Crippen molar-refractivity contribution in [3.8, 4) is 6.07 Å². The number of thioether (sulfide) groups is 1. The third kappa shape index (κ3) is 3.11. The third-order valence-electron chi connectivity index (χ3n) is 5.42. The lowest BCUT2D eigenvalue weighted by molar-refractivity contribution is -0.137. The van der Waals surface area contributed by atoms with Gasteiger partial charge in [-0.05, 0) is 43.2 Å². The molecule has 1 fully saturated rings. The molecule has 1 aliphatic carbocycles. The molecule has 0 radical (unpaired) electrons. The molecule has 0 amide bonds. The summed E-state index contributed by atoms with van der Waals surface area (Å²) < 4.78 is 28.1. The Morgan fingerprint density at radius 3 is 2.83 bits per heavy atom. The normalized spacial score (nSPS) is 27.6. The number of carboxylic acids is 1. The standard InChI is InChI=1S/C20H15F2N5O2S/c1-19(15-6-20(15,17(28)29)30-18(24)27-19)12-4-11(9-26-16(12)22)5-13(21)14-3-2-10(7-23)8-25-14/h2-5,8-9,15H,6H2,1H3,(H2,24,27)(H,28,29). The van der Waals surface area contributed by atoms with Gasteiger partial charge in [0.25, 0.3) is 0 Å². The minimum atomic E-state index is -1.24. The number of hydrogen-bond donors (Lipinski definition) is 2. The van der Waals surface area contributed by atoms with Gasteiger partial charge < -0.3 is 10.8 Å². The van der Waals surface area contributed by atoms with Gasteiger partial charge >= 0.3 is 5.97 Å². The van der Waals surface area contributed by atoms with E-state index in [1.165, 1.54) is 24.4 Å². The maximum atomic E-state index is 14.7. The van der Waals surface area contributed by atoms with Crippen molar-refractivity contribution in [1.29, 1.82) is 5.26 Å². The van der Waals surface area contributed by atoms with E-state index >= 15 is 0 Å². The van der Waals surface area contributed by atoms with Gasteiger partial charge in [-0.25, -0.2) is 9.37 Å². The van der Waals surface area contributed by atoms with Crippen LogP contribution in [0.3, 0.4) is 0 Å². The van der Waals surface area contributed by atoms with Gasteiger partial charge in [0.2, 0.25) is 5.95 Å². The number of nitrogens with two attached hydrogens (primary N) is 1. The number of hydrogen-bond acceptors (Lipinski definition) is 7. The number of aliphatic carboxylic acids is 1. The molecular formula is C20H15F2N5O2S. The highest BCUT2D eigenvalue weighted by Crippen LogP contribution is 2.65. The number of nitriles is 1. The molecule has 3 heterocycles. The van der Waals surface area contributed by atoms with Crippen LogP contribution in [-0.2, 0) is 10.3 Å². The second-order valence-electron chi connectivity index (χ2n) is 7.29. The van der Waals surface area contributed by atoms with Crippen molar-refractivity contribution in [1.82, 2.24) is 9.97 Å². The minimum absolute atomic E-state index is 0.00880. The number of carboxylic acid groups (broad SMARTS) is 1. The first-order chi connectivity index (χ1) is 14.2. The predicted molar refractivity (Wildman–Crippen MR) is 107 cm³/mol. The average Bonchev–Trinajstić information content (AvgIpc) is 3.46. The molecule has 2 aromatic rings. The second kappa shape index (κ2) is 6.88. The average molecular weight is 427 g/mol. The van der Waals surface area contributed by atoms with Gasteiger partial charge in [0, 0.05) is 23.9 Å². The number of nitrogens with zero attached hydrogens (tertiary/aromatic N) is 4. The van der Waals surface area contributed by atoms with Crippen LogP contribution in [0.5, 0.6) is 0 Å². The Morgan fingerprint density at radius 1 is 1.43 bits per heavy atom. The quantitative estimate of drug-likeness (QED) is 0.718. The maximum Gasteiger partial charge on any atom is 0.320 e. The first kappa shape index (κ1) is 20.0. The largest absolute Gasteiger partial charge is 0.480 e. The number of pyridine rings is 2.